The second kappa shape index (κ2) is 3.59. The van der Waals surface area contributed by atoms with Gasteiger partial charge in [0.25, 0.3) is 0 Å². The standard InChI is InChI=1S/C11H18O/c12-11-7-6-10(11)8-9-4-2-1-3-5-9/h9-10H,1-8H2/t10-/m0/s1. The first-order chi connectivity index (χ1) is 5.86. The van der Waals surface area contributed by atoms with Crippen LogP contribution in [0.3, 0.4) is 0 Å². The maximum absolute atomic E-state index is 11.1. The average molecular weight is 166 g/mol. The highest BCUT2D eigenvalue weighted by Crippen LogP contribution is 2.35. The van der Waals surface area contributed by atoms with Gasteiger partial charge in [0.15, 0.2) is 0 Å². The first kappa shape index (κ1) is 8.28. The van der Waals surface area contributed by atoms with Crippen molar-refractivity contribution in [2.24, 2.45) is 11.8 Å². The fraction of sp³-hybridized carbons (Fsp3) is 0.909. The monoisotopic (exact) mass is 166 g/mol. The Bertz CT molecular complexity index is 168. The predicted octanol–water partition coefficient (Wildman–Crippen LogP) is 2.94. The quantitative estimate of drug-likeness (QED) is 0.616. The Labute approximate surface area is 74.5 Å². The molecule has 0 saturated heterocycles. The van der Waals surface area contributed by atoms with Crippen LogP contribution in [-0.2, 0) is 4.79 Å². The fourth-order valence-corrected chi connectivity index (χ4v) is 2.54. The van der Waals surface area contributed by atoms with Crippen molar-refractivity contribution in [3.05, 3.63) is 0 Å². The van der Waals surface area contributed by atoms with Gasteiger partial charge in [0.2, 0.25) is 0 Å². The van der Waals surface area contributed by atoms with E-state index in [4.69, 9.17) is 0 Å². The van der Waals surface area contributed by atoms with Crippen molar-refractivity contribution in [3.63, 3.8) is 0 Å². The molecule has 0 bridgehead atoms. The molecule has 0 spiro atoms. The maximum atomic E-state index is 11.1. The molecule has 0 aliphatic heterocycles. The van der Waals surface area contributed by atoms with Crippen LogP contribution in [0.25, 0.3) is 0 Å². The lowest BCUT2D eigenvalue weighted by Crippen LogP contribution is -2.28. The molecule has 2 saturated carbocycles. The lowest BCUT2D eigenvalue weighted by Gasteiger charge is -2.30. The number of hydrogen-bond acceptors (Lipinski definition) is 1. The zero-order valence-electron chi connectivity index (χ0n) is 7.72. The summed E-state index contributed by atoms with van der Waals surface area (Å²) in [5, 5.41) is 0. The molecule has 2 fully saturated rings. The topological polar surface area (TPSA) is 17.1 Å². The number of carbonyl (C=O) groups is 1. The van der Waals surface area contributed by atoms with Crippen molar-refractivity contribution in [2.75, 3.05) is 0 Å². The van der Waals surface area contributed by atoms with Gasteiger partial charge in [-0.15, -0.1) is 0 Å². The fourth-order valence-electron chi connectivity index (χ4n) is 2.54. The van der Waals surface area contributed by atoms with Gasteiger partial charge >= 0.3 is 0 Å². The molecule has 2 aliphatic rings. The zero-order valence-corrected chi connectivity index (χ0v) is 7.72. The lowest BCUT2D eigenvalue weighted by atomic mass is 9.74. The minimum absolute atomic E-state index is 0.480. The summed E-state index contributed by atoms with van der Waals surface area (Å²) < 4.78 is 0. The first-order valence-electron chi connectivity index (χ1n) is 5.39. The average Bonchev–Trinajstić information content (AvgIpc) is 2.14. The minimum atomic E-state index is 0.480. The molecule has 1 heteroatoms. The molecule has 68 valence electrons. The molecular weight excluding hydrogens is 148 g/mol. The van der Waals surface area contributed by atoms with E-state index in [9.17, 15) is 4.79 Å². The predicted molar refractivity (Wildman–Crippen MR) is 48.9 cm³/mol. The van der Waals surface area contributed by atoms with Gasteiger partial charge in [-0.2, -0.15) is 0 Å². The van der Waals surface area contributed by atoms with Gasteiger partial charge in [0.05, 0.1) is 0 Å². The number of Topliss-reactive ketones (excluding diaryl/α,β-unsaturated/α-hetero) is 1. The Hall–Kier alpha value is -0.330. The summed E-state index contributed by atoms with van der Waals surface area (Å²) >= 11 is 0. The van der Waals surface area contributed by atoms with Crippen LogP contribution in [0.15, 0.2) is 0 Å². The van der Waals surface area contributed by atoms with Gasteiger partial charge in [0.1, 0.15) is 5.78 Å². The number of rotatable bonds is 2. The normalized spacial score (nSPS) is 31.7. The molecule has 2 rings (SSSR count). The number of carbonyl (C=O) groups excluding carboxylic acids is 1. The van der Waals surface area contributed by atoms with Crippen LogP contribution in [0.2, 0.25) is 0 Å². The van der Waals surface area contributed by atoms with Crippen LogP contribution in [0, 0.1) is 11.8 Å². The molecule has 0 aromatic heterocycles. The summed E-state index contributed by atoms with van der Waals surface area (Å²) in [6.45, 7) is 0. The Kier molecular flexibility index (Phi) is 2.48. The van der Waals surface area contributed by atoms with Crippen LogP contribution in [0.5, 0.6) is 0 Å². The third-order valence-electron chi connectivity index (χ3n) is 3.54. The molecule has 2 aliphatic carbocycles. The molecule has 0 unspecified atom stereocenters. The van der Waals surface area contributed by atoms with Gasteiger partial charge < -0.3 is 0 Å². The van der Waals surface area contributed by atoms with Crippen LogP contribution in [-0.4, -0.2) is 5.78 Å². The third-order valence-corrected chi connectivity index (χ3v) is 3.54. The van der Waals surface area contributed by atoms with Gasteiger partial charge in [-0.1, -0.05) is 32.1 Å². The minimum Gasteiger partial charge on any atom is -0.299 e. The highest BCUT2D eigenvalue weighted by Gasteiger charge is 2.30. The Balaban J connectivity index is 1.74. The van der Waals surface area contributed by atoms with E-state index >= 15 is 0 Å². The lowest BCUT2D eigenvalue weighted by molar-refractivity contribution is -0.130. The van der Waals surface area contributed by atoms with Crippen molar-refractivity contribution in [2.45, 2.75) is 51.4 Å². The summed E-state index contributed by atoms with van der Waals surface area (Å²) in [4.78, 5) is 11.1. The van der Waals surface area contributed by atoms with Crippen molar-refractivity contribution in [1.82, 2.24) is 0 Å². The summed E-state index contributed by atoms with van der Waals surface area (Å²) in [7, 11) is 0. The van der Waals surface area contributed by atoms with E-state index < -0.39 is 0 Å². The van der Waals surface area contributed by atoms with Gasteiger partial charge in [-0.05, 0) is 18.8 Å². The Morgan fingerprint density at radius 1 is 1.08 bits per heavy atom. The van der Waals surface area contributed by atoms with Gasteiger partial charge in [-0.25, -0.2) is 0 Å². The van der Waals surface area contributed by atoms with Crippen LogP contribution >= 0.6 is 0 Å². The second-order valence-electron chi connectivity index (χ2n) is 4.44. The van der Waals surface area contributed by atoms with Gasteiger partial charge in [-0.3, -0.25) is 4.79 Å². The van der Waals surface area contributed by atoms with Crippen LogP contribution < -0.4 is 0 Å². The van der Waals surface area contributed by atoms with Crippen molar-refractivity contribution >= 4 is 5.78 Å². The smallest absolute Gasteiger partial charge is 0.136 e. The Morgan fingerprint density at radius 2 is 1.83 bits per heavy atom. The van der Waals surface area contributed by atoms with Crippen LogP contribution in [0.4, 0.5) is 0 Å². The molecule has 0 aromatic carbocycles. The van der Waals surface area contributed by atoms with E-state index in [1.807, 2.05) is 0 Å². The second-order valence-corrected chi connectivity index (χ2v) is 4.44. The van der Waals surface area contributed by atoms with E-state index in [0.717, 1.165) is 12.3 Å². The highest BCUT2D eigenvalue weighted by atomic mass is 16.1. The van der Waals surface area contributed by atoms with Gasteiger partial charge in [0, 0.05) is 12.3 Å². The molecule has 0 N–H and O–H groups in total. The van der Waals surface area contributed by atoms with E-state index in [-0.39, 0.29) is 0 Å². The molecule has 0 radical (unpaired) electrons. The van der Waals surface area contributed by atoms with E-state index in [1.54, 1.807) is 0 Å². The number of hydrogen-bond donors (Lipinski definition) is 0. The molecule has 1 atom stereocenters. The maximum Gasteiger partial charge on any atom is 0.136 e. The van der Waals surface area contributed by atoms with E-state index in [1.165, 1.54) is 44.9 Å². The number of ketones is 1. The van der Waals surface area contributed by atoms with Crippen molar-refractivity contribution in [1.29, 1.82) is 0 Å². The molecule has 0 amide bonds. The largest absolute Gasteiger partial charge is 0.299 e. The molecule has 0 heterocycles. The van der Waals surface area contributed by atoms with Crippen molar-refractivity contribution < 1.29 is 4.79 Å². The first-order valence-corrected chi connectivity index (χ1v) is 5.39. The Morgan fingerprint density at radius 3 is 2.33 bits per heavy atom. The van der Waals surface area contributed by atoms with Crippen molar-refractivity contribution in [3.8, 4) is 0 Å². The summed E-state index contributed by atoms with van der Waals surface area (Å²) in [5.74, 6) is 1.92. The molecule has 12 heavy (non-hydrogen) atoms. The summed E-state index contributed by atoms with van der Waals surface area (Å²) in [5.41, 5.74) is 0. The summed E-state index contributed by atoms with van der Waals surface area (Å²) in [6.07, 6.45) is 10.3. The SMILES string of the molecule is O=C1CC[C@H]1CC1CCCCC1. The van der Waals surface area contributed by atoms with E-state index in [2.05, 4.69) is 0 Å². The third kappa shape index (κ3) is 1.70. The molecule has 0 aromatic rings. The highest BCUT2D eigenvalue weighted by molar-refractivity contribution is 5.86. The van der Waals surface area contributed by atoms with E-state index in [0.29, 0.717) is 11.7 Å². The molecular formula is C11H18O. The zero-order chi connectivity index (χ0) is 8.39. The summed E-state index contributed by atoms with van der Waals surface area (Å²) in [6, 6.07) is 0. The molecule has 1 nitrogen and oxygen atoms in total. The van der Waals surface area contributed by atoms with Crippen LogP contribution in [0.1, 0.15) is 51.4 Å².